The van der Waals surface area contributed by atoms with E-state index in [1.807, 2.05) is 35.7 Å². The molecule has 0 fully saturated rings. The number of methoxy groups -OCH3 is 1. The van der Waals surface area contributed by atoms with Gasteiger partial charge in [-0.3, -0.25) is 4.79 Å². The second-order valence-corrected chi connectivity index (χ2v) is 6.69. The van der Waals surface area contributed by atoms with E-state index in [-0.39, 0.29) is 5.91 Å². The highest BCUT2D eigenvalue weighted by Crippen LogP contribution is 2.33. The zero-order valence-electron chi connectivity index (χ0n) is 13.5. The minimum absolute atomic E-state index is 0.125. The lowest BCUT2D eigenvalue weighted by atomic mass is 10.2. The number of nitrogens with one attached hydrogen (secondary N) is 1. The molecule has 4 nitrogen and oxygen atoms in total. The summed E-state index contributed by atoms with van der Waals surface area (Å²) in [5, 5.41) is 5.33. The smallest absolute Gasteiger partial charge is 0.229 e. The van der Waals surface area contributed by atoms with Crippen LogP contribution in [0.5, 0.6) is 17.2 Å². The molecule has 1 amide bonds. The van der Waals surface area contributed by atoms with E-state index in [0.717, 1.165) is 4.88 Å². The third kappa shape index (κ3) is 4.75. The first kappa shape index (κ1) is 17.3. The van der Waals surface area contributed by atoms with Gasteiger partial charge in [-0.15, -0.1) is 11.3 Å². The highest BCUT2D eigenvalue weighted by Gasteiger charge is 2.11. The first-order valence-corrected chi connectivity index (χ1v) is 8.83. The van der Waals surface area contributed by atoms with Crippen LogP contribution in [-0.2, 0) is 11.2 Å². The molecule has 0 aliphatic heterocycles. The van der Waals surface area contributed by atoms with Crippen LogP contribution in [0.4, 0.5) is 5.69 Å². The summed E-state index contributed by atoms with van der Waals surface area (Å²) < 4.78 is 11.1. The van der Waals surface area contributed by atoms with Gasteiger partial charge in [-0.1, -0.05) is 23.7 Å². The van der Waals surface area contributed by atoms with Crippen LogP contribution < -0.4 is 14.8 Å². The van der Waals surface area contributed by atoms with Crippen LogP contribution in [-0.4, -0.2) is 13.0 Å². The fraction of sp³-hybridized carbons (Fsp3) is 0.105. The molecule has 2 aromatic carbocycles. The van der Waals surface area contributed by atoms with Gasteiger partial charge >= 0.3 is 0 Å². The van der Waals surface area contributed by atoms with Gasteiger partial charge in [0.05, 0.1) is 19.2 Å². The van der Waals surface area contributed by atoms with Crippen LogP contribution >= 0.6 is 22.9 Å². The summed E-state index contributed by atoms with van der Waals surface area (Å²) in [5.74, 6) is 1.68. The predicted molar refractivity (Wildman–Crippen MR) is 101 cm³/mol. The van der Waals surface area contributed by atoms with Gasteiger partial charge in [0.25, 0.3) is 0 Å². The van der Waals surface area contributed by atoms with Gasteiger partial charge in [0.2, 0.25) is 5.91 Å². The summed E-state index contributed by atoms with van der Waals surface area (Å²) in [4.78, 5) is 13.3. The minimum atomic E-state index is -0.125. The molecule has 1 aromatic heterocycles. The number of rotatable bonds is 6. The van der Waals surface area contributed by atoms with E-state index >= 15 is 0 Å². The first-order valence-electron chi connectivity index (χ1n) is 7.58. The number of anilines is 1. The number of carbonyl (C=O) groups is 1. The average molecular weight is 374 g/mol. The molecule has 1 heterocycles. The fourth-order valence-electron chi connectivity index (χ4n) is 2.25. The molecule has 0 saturated carbocycles. The Morgan fingerprint density at radius 1 is 1.12 bits per heavy atom. The normalized spacial score (nSPS) is 10.3. The maximum absolute atomic E-state index is 12.3. The molecule has 0 atom stereocenters. The molecule has 25 heavy (non-hydrogen) atoms. The van der Waals surface area contributed by atoms with Gasteiger partial charge in [-0.25, -0.2) is 0 Å². The first-order chi connectivity index (χ1) is 12.1. The Morgan fingerprint density at radius 3 is 2.72 bits per heavy atom. The number of amides is 1. The molecule has 0 aliphatic rings. The second-order valence-electron chi connectivity index (χ2n) is 5.23. The molecule has 3 aromatic rings. The van der Waals surface area contributed by atoms with Crippen LogP contribution in [0.3, 0.4) is 0 Å². The van der Waals surface area contributed by atoms with Crippen LogP contribution in [0.25, 0.3) is 0 Å². The lowest BCUT2D eigenvalue weighted by Gasteiger charge is -2.13. The van der Waals surface area contributed by atoms with E-state index in [2.05, 4.69) is 5.32 Å². The van der Waals surface area contributed by atoms with E-state index in [0.29, 0.717) is 34.4 Å². The van der Waals surface area contributed by atoms with Crippen molar-refractivity contribution in [3.05, 3.63) is 69.9 Å². The quantitative estimate of drug-likeness (QED) is 0.630. The van der Waals surface area contributed by atoms with E-state index in [9.17, 15) is 4.79 Å². The molecule has 0 saturated heterocycles. The number of hydrogen-bond donors (Lipinski definition) is 1. The summed E-state index contributed by atoms with van der Waals surface area (Å²) in [5.41, 5.74) is 0.525. The molecule has 0 spiro atoms. The summed E-state index contributed by atoms with van der Waals surface area (Å²) in [6.45, 7) is 0. The van der Waals surface area contributed by atoms with E-state index in [1.165, 1.54) is 0 Å². The summed E-state index contributed by atoms with van der Waals surface area (Å²) >= 11 is 7.61. The lowest BCUT2D eigenvalue weighted by Crippen LogP contribution is -2.14. The van der Waals surface area contributed by atoms with Crippen LogP contribution in [0.15, 0.2) is 60.0 Å². The highest BCUT2D eigenvalue weighted by atomic mass is 35.5. The maximum atomic E-state index is 12.3. The SMILES string of the molecule is COc1cccc(Oc2ccc(Cl)cc2NC(=O)Cc2cccs2)c1. The van der Waals surface area contributed by atoms with Crippen LogP contribution in [0.2, 0.25) is 5.02 Å². The number of thiophene rings is 1. The third-order valence-electron chi connectivity index (χ3n) is 3.40. The predicted octanol–water partition coefficient (Wildman–Crippen LogP) is 5.38. The minimum Gasteiger partial charge on any atom is -0.497 e. The second kappa shape index (κ2) is 8.05. The molecular formula is C19H16ClNO3S. The number of ether oxygens (including phenoxy) is 2. The van der Waals surface area contributed by atoms with Crippen molar-refractivity contribution in [3.63, 3.8) is 0 Å². The molecule has 6 heteroatoms. The fourth-order valence-corrected chi connectivity index (χ4v) is 3.12. The Bertz CT molecular complexity index is 865. The van der Waals surface area contributed by atoms with Crippen molar-refractivity contribution in [3.8, 4) is 17.2 Å². The number of hydrogen-bond acceptors (Lipinski definition) is 4. The summed E-state index contributed by atoms with van der Waals surface area (Å²) in [6, 6.07) is 16.2. The van der Waals surface area contributed by atoms with Crippen molar-refractivity contribution in [1.29, 1.82) is 0 Å². The van der Waals surface area contributed by atoms with E-state index in [1.54, 1.807) is 42.7 Å². The molecule has 3 rings (SSSR count). The zero-order valence-corrected chi connectivity index (χ0v) is 15.1. The zero-order chi connectivity index (χ0) is 17.6. The standard InChI is InChI=1S/C19H16ClNO3S/c1-23-14-4-2-5-15(11-14)24-18-8-7-13(20)10-17(18)21-19(22)12-16-6-3-9-25-16/h2-11H,12H2,1H3,(H,21,22). The van der Waals surface area contributed by atoms with Gasteiger partial charge in [0, 0.05) is 16.0 Å². The summed E-state index contributed by atoms with van der Waals surface area (Å²) in [6.07, 6.45) is 0.308. The van der Waals surface area contributed by atoms with Crippen LogP contribution in [0.1, 0.15) is 4.88 Å². The Hall–Kier alpha value is -2.50. The lowest BCUT2D eigenvalue weighted by molar-refractivity contribution is -0.115. The van der Waals surface area contributed by atoms with Crippen molar-refractivity contribution >= 4 is 34.5 Å². The van der Waals surface area contributed by atoms with Gasteiger partial charge in [0.1, 0.15) is 11.5 Å². The van der Waals surface area contributed by atoms with Gasteiger partial charge in [-0.05, 0) is 41.8 Å². The van der Waals surface area contributed by atoms with Crippen molar-refractivity contribution in [2.24, 2.45) is 0 Å². The van der Waals surface area contributed by atoms with E-state index in [4.69, 9.17) is 21.1 Å². The number of halogens is 1. The number of carbonyl (C=O) groups excluding carboxylic acids is 1. The molecule has 0 unspecified atom stereocenters. The van der Waals surface area contributed by atoms with E-state index < -0.39 is 0 Å². The molecule has 1 N–H and O–H groups in total. The van der Waals surface area contributed by atoms with Crippen molar-refractivity contribution in [1.82, 2.24) is 0 Å². The maximum Gasteiger partial charge on any atom is 0.229 e. The molecule has 0 bridgehead atoms. The monoisotopic (exact) mass is 373 g/mol. The van der Waals surface area contributed by atoms with Crippen LogP contribution in [0, 0.1) is 0 Å². The Kier molecular flexibility index (Phi) is 5.58. The highest BCUT2D eigenvalue weighted by molar-refractivity contribution is 7.10. The Labute approximate surface area is 155 Å². The van der Waals surface area contributed by atoms with Gasteiger partial charge in [-0.2, -0.15) is 0 Å². The average Bonchev–Trinajstić information content (AvgIpc) is 3.10. The van der Waals surface area contributed by atoms with Crippen molar-refractivity contribution in [2.75, 3.05) is 12.4 Å². The Balaban J connectivity index is 1.78. The topological polar surface area (TPSA) is 47.6 Å². The van der Waals surface area contributed by atoms with Crippen molar-refractivity contribution < 1.29 is 14.3 Å². The Morgan fingerprint density at radius 2 is 1.96 bits per heavy atom. The molecular weight excluding hydrogens is 358 g/mol. The van der Waals surface area contributed by atoms with Crippen molar-refractivity contribution in [2.45, 2.75) is 6.42 Å². The van der Waals surface area contributed by atoms with Gasteiger partial charge in [0.15, 0.2) is 5.75 Å². The number of benzene rings is 2. The summed E-state index contributed by atoms with van der Waals surface area (Å²) in [7, 11) is 1.59. The molecule has 0 aliphatic carbocycles. The van der Waals surface area contributed by atoms with Gasteiger partial charge < -0.3 is 14.8 Å². The largest absolute Gasteiger partial charge is 0.497 e. The molecule has 128 valence electrons. The molecule has 0 radical (unpaired) electrons. The third-order valence-corrected chi connectivity index (χ3v) is 4.51.